The summed E-state index contributed by atoms with van der Waals surface area (Å²) in [6.07, 6.45) is 2.90. The minimum Gasteiger partial charge on any atom is -1.00 e. The number of hydrogen-bond acceptors (Lipinski definition) is 0. The Morgan fingerprint density at radius 1 is 0.538 bits per heavy atom. The van der Waals surface area contributed by atoms with Crippen molar-refractivity contribution in [3.05, 3.63) is 119 Å². The molecule has 4 aromatic carbocycles. The van der Waals surface area contributed by atoms with Crippen LogP contribution < -0.4 is 24.8 Å². The van der Waals surface area contributed by atoms with Crippen molar-refractivity contribution >= 4 is 16.1 Å². The van der Waals surface area contributed by atoms with Gasteiger partial charge in [0.2, 0.25) is 0 Å². The zero-order valence-corrected chi connectivity index (χ0v) is 27.8. The van der Waals surface area contributed by atoms with Gasteiger partial charge in [-0.25, -0.2) is 0 Å². The van der Waals surface area contributed by atoms with E-state index in [0.717, 1.165) is 0 Å². The summed E-state index contributed by atoms with van der Waals surface area (Å²) in [6.45, 7) is 5.18. The van der Waals surface area contributed by atoms with E-state index in [1.165, 1.54) is 70.4 Å². The molecule has 0 radical (unpaired) electrons. The zero-order chi connectivity index (χ0) is 24.3. The van der Waals surface area contributed by atoms with Gasteiger partial charge in [-0.1, -0.05) is 110 Å². The van der Waals surface area contributed by atoms with Gasteiger partial charge in [0, 0.05) is 0 Å². The van der Waals surface area contributed by atoms with Crippen molar-refractivity contribution < 1.29 is 46.5 Å². The molecule has 2 aliphatic heterocycles. The van der Waals surface area contributed by atoms with E-state index in [0.29, 0.717) is 11.1 Å². The minimum atomic E-state index is -1.10. The fraction of sp³-hybridized carbons (Fsp3) is 0.294. The molecule has 5 heteroatoms. The smallest absolute Gasteiger partial charge is 1.00 e. The second kappa shape index (κ2) is 11.8. The first-order valence-electron chi connectivity index (χ1n) is 13.8. The first kappa shape index (κ1) is 30.6. The van der Waals surface area contributed by atoms with Crippen molar-refractivity contribution in [3.63, 3.8) is 0 Å². The van der Waals surface area contributed by atoms with E-state index in [1.807, 2.05) is 0 Å². The second-order valence-corrected chi connectivity index (χ2v) is 21.8. The molecule has 8 rings (SSSR count). The van der Waals surface area contributed by atoms with E-state index in [2.05, 4.69) is 110 Å². The van der Waals surface area contributed by atoms with Crippen LogP contribution in [0.2, 0.25) is 37.3 Å². The molecule has 4 aromatic rings. The summed E-state index contributed by atoms with van der Waals surface area (Å²) < 4.78 is 0. The maximum Gasteiger partial charge on any atom is 4.00 e. The summed E-state index contributed by atoms with van der Waals surface area (Å²) in [7, 11) is -2.19. The first-order chi connectivity index (χ1) is 17.6. The number of hydrogen-bond donors (Lipinski definition) is 0. The molecule has 0 amide bonds. The van der Waals surface area contributed by atoms with Crippen LogP contribution >= 0.6 is 0 Å². The molecule has 0 N–H and O–H groups in total. The average molecular weight is 618 g/mol. The predicted octanol–water partition coefficient (Wildman–Crippen LogP) is 3.25. The molecule has 2 heterocycles. The minimum absolute atomic E-state index is 0. The fourth-order valence-corrected chi connectivity index (χ4v) is 15.6. The van der Waals surface area contributed by atoms with Gasteiger partial charge >= 0.3 is 21.7 Å². The van der Waals surface area contributed by atoms with Crippen molar-refractivity contribution in [1.82, 2.24) is 0 Å². The van der Waals surface area contributed by atoms with Crippen molar-refractivity contribution in [2.75, 3.05) is 0 Å². The number of halogens is 2. The van der Waals surface area contributed by atoms with Crippen LogP contribution in [0.15, 0.2) is 84.9 Å². The van der Waals surface area contributed by atoms with Gasteiger partial charge in [0.15, 0.2) is 0 Å². The van der Waals surface area contributed by atoms with E-state index in [4.69, 9.17) is 0 Å². The van der Waals surface area contributed by atoms with E-state index in [1.54, 1.807) is 11.1 Å². The summed E-state index contributed by atoms with van der Waals surface area (Å²) in [5.41, 5.74) is 13.4. The maximum absolute atomic E-state index is 3.55. The van der Waals surface area contributed by atoms with Crippen LogP contribution in [0.1, 0.15) is 46.2 Å². The topological polar surface area (TPSA) is 0 Å². The van der Waals surface area contributed by atoms with Gasteiger partial charge in [0.05, 0.1) is 16.1 Å². The molecule has 2 unspecified atom stereocenters. The van der Waals surface area contributed by atoms with Crippen molar-refractivity contribution in [2.45, 2.75) is 61.2 Å². The Morgan fingerprint density at radius 2 is 0.897 bits per heavy atom. The van der Waals surface area contributed by atoms with Gasteiger partial charge in [0.25, 0.3) is 0 Å². The molecule has 0 spiro atoms. The molecule has 2 fully saturated rings. The maximum atomic E-state index is 3.55. The standard InChI is InChI=1S/2C17H17Si.2ClH.Ti/c2*1-18(11-6-12-18)17-15-9-4-2-7-13(15)14-8-3-5-10-16(14)17;;;/h2*2-5,7-9,17H,6,11-12H2,1H3;2*1H;/q2*-1;;;+4/p-2. The Labute approximate surface area is 263 Å². The molecule has 2 saturated heterocycles. The van der Waals surface area contributed by atoms with Gasteiger partial charge in [-0.05, 0) is 22.2 Å². The third-order valence-corrected chi connectivity index (χ3v) is 19.8. The number of rotatable bonds is 2. The number of fused-ring (bicyclic) bond motifs is 6. The Hall–Kier alpha value is -1.39. The van der Waals surface area contributed by atoms with Crippen LogP contribution in [0.4, 0.5) is 0 Å². The van der Waals surface area contributed by atoms with Gasteiger partial charge in [-0.2, -0.15) is 48.5 Å². The summed E-state index contributed by atoms with van der Waals surface area (Å²) in [5.74, 6) is 0. The average Bonchev–Trinajstić information content (AvgIpc) is 3.40. The molecule has 0 saturated carbocycles. The van der Waals surface area contributed by atoms with Crippen LogP contribution in [-0.4, -0.2) is 16.1 Å². The van der Waals surface area contributed by atoms with Gasteiger partial charge in [-0.3, -0.25) is 0 Å². The molecule has 39 heavy (non-hydrogen) atoms. The third kappa shape index (κ3) is 4.90. The van der Waals surface area contributed by atoms with E-state index in [9.17, 15) is 0 Å². The number of benzene rings is 4. The summed E-state index contributed by atoms with van der Waals surface area (Å²) in [5, 5.41) is 0. The Bertz CT molecular complexity index is 1260. The summed E-state index contributed by atoms with van der Waals surface area (Å²) in [6, 6.07) is 44.1. The third-order valence-electron chi connectivity index (χ3n) is 9.86. The molecule has 0 aromatic heterocycles. The Balaban J connectivity index is 0.000000168. The van der Waals surface area contributed by atoms with Crippen LogP contribution in [0, 0.1) is 12.1 Å². The van der Waals surface area contributed by atoms with Crippen molar-refractivity contribution in [2.24, 2.45) is 0 Å². The summed E-state index contributed by atoms with van der Waals surface area (Å²) >= 11 is 0. The van der Waals surface area contributed by atoms with Crippen LogP contribution in [0.25, 0.3) is 22.3 Å². The molecule has 2 aliphatic carbocycles. The quantitative estimate of drug-likeness (QED) is 0.240. The fourth-order valence-electron chi connectivity index (χ4n) is 7.64. The van der Waals surface area contributed by atoms with Gasteiger partial charge < -0.3 is 24.8 Å². The monoisotopic (exact) mass is 616 g/mol. The van der Waals surface area contributed by atoms with Crippen molar-refractivity contribution in [3.8, 4) is 22.3 Å². The van der Waals surface area contributed by atoms with E-state index in [-0.39, 0.29) is 46.5 Å². The zero-order valence-electron chi connectivity index (χ0n) is 22.7. The van der Waals surface area contributed by atoms with E-state index >= 15 is 0 Å². The molecule has 2 atom stereocenters. The Kier molecular flexibility index (Phi) is 9.28. The molecule has 4 aliphatic rings. The molecule has 0 nitrogen and oxygen atoms in total. The summed E-state index contributed by atoms with van der Waals surface area (Å²) in [4.78, 5) is 0. The molecular weight excluding hydrogens is 583 g/mol. The van der Waals surface area contributed by atoms with Gasteiger partial charge in [-0.15, -0.1) is 22.3 Å². The van der Waals surface area contributed by atoms with Crippen molar-refractivity contribution in [1.29, 1.82) is 0 Å². The van der Waals surface area contributed by atoms with Crippen LogP contribution in [-0.2, 0) is 21.7 Å². The SMILES string of the molecule is C[Si]1(C2c3[c-]cccc3-c3ccccc32)CCC1.C[Si]1(C2c3[c-]cccc3-c3ccccc32)CCC1.[Cl-].[Cl-].[Ti+4]. The molecule has 0 bridgehead atoms. The molecular formula is C34H34Cl2Si2Ti. The second-order valence-electron chi connectivity index (χ2n) is 12.1. The Morgan fingerprint density at radius 3 is 1.26 bits per heavy atom. The van der Waals surface area contributed by atoms with Crippen LogP contribution in [0.5, 0.6) is 0 Å². The van der Waals surface area contributed by atoms with Gasteiger partial charge in [0.1, 0.15) is 0 Å². The predicted molar refractivity (Wildman–Crippen MR) is 157 cm³/mol. The van der Waals surface area contributed by atoms with Crippen LogP contribution in [0.3, 0.4) is 0 Å². The largest absolute Gasteiger partial charge is 4.00 e. The normalized spacial score (nSPS) is 21.3. The first-order valence-corrected chi connectivity index (χ1v) is 19.8. The molecule has 196 valence electrons. The van der Waals surface area contributed by atoms with E-state index < -0.39 is 16.1 Å².